The fraction of sp³-hybridized carbons (Fsp3) is 0.500. The van der Waals surface area contributed by atoms with Crippen LogP contribution in [0.1, 0.15) is 40.3 Å². The van der Waals surface area contributed by atoms with Gasteiger partial charge in [-0.2, -0.15) is 0 Å². The van der Waals surface area contributed by atoms with Crippen molar-refractivity contribution in [1.29, 1.82) is 0 Å². The number of ether oxygens (including phenoxy) is 6. The highest BCUT2D eigenvalue weighted by Gasteiger charge is 2.56. The van der Waals surface area contributed by atoms with E-state index < -0.39 is 16.9 Å². The Morgan fingerprint density at radius 1 is 0.700 bits per heavy atom. The van der Waals surface area contributed by atoms with Crippen LogP contribution in [0.5, 0.6) is 5.75 Å². The zero-order chi connectivity index (χ0) is 29.3. The van der Waals surface area contributed by atoms with Crippen molar-refractivity contribution in [3.05, 3.63) is 87.5 Å². The summed E-state index contributed by atoms with van der Waals surface area (Å²) in [6, 6.07) is 9.98. The van der Waals surface area contributed by atoms with Crippen LogP contribution in [0.15, 0.2) is 54.1 Å². The standard InChI is InChI=1S/C32H44O8/c1-31(28-12-22(16-35-2)11-23(13-28)17-36-3,29-14-24(18-37-4)30(33)25(15-29)19-38-5)32(34)26(20-39-6)9-8-10-27(32)21-40-7/h8-15,26,33-34H,16-21H2,1-7H3. The molecule has 0 saturated heterocycles. The first-order valence-electron chi connectivity index (χ1n) is 13.3. The van der Waals surface area contributed by atoms with Crippen LogP contribution < -0.4 is 0 Å². The number of hydrogen-bond acceptors (Lipinski definition) is 8. The minimum atomic E-state index is -1.49. The largest absolute Gasteiger partial charge is 0.507 e. The Bertz CT molecular complexity index is 1140. The molecule has 0 saturated carbocycles. The molecule has 0 spiro atoms. The molecule has 0 bridgehead atoms. The Morgan fingerprint density at radius 3 is 1.68 bits per heavy atom. The number of aromatic hydroxyl groups is 1. The first-order valence-corrected chi connectivity index (χ1v) is 13.3. The number of aliphatic hydroxyl groups is 1. The first kappa shape index (κ1) is 32.0. The number of allylic oxidation sites excluding steroid dienone is 2. The summed E-state index contributed by atoms with van der Waals surface area (Å²) in [5, 5.41) is 24.2. The van der Waals surface area contributed by atoms with Crippen LogP contribution in [0, 0.1) is 5.92 Å². The third-order valence-electron chi connectivity index (χ3n) is 7.77. The van der Waals surface area contributed by atoms with E-state index in [2.05, 4.69) is 12.1 Å². The third-order valence-corrected chi connectivity index (χ3v) is 7.77. The van der Waals surface area contributed by atoms with Crippen molar-refractivity contribution in [3.63, 3.8) is 0 Å². The monoisotopic (exact) mass is 556 g/mol. The predicted molar refractivity (Wildman–Crippen MR) is 153 cm³/mol. The number of benzene rings is 2. The van der Waals surface area contributed by atoms with Gasteiger partial charge in [0.1, 0.15) is 11.4 Å². The highest BCUT2D eigenvalue weighted by Crippen LogP contribution is 2.52. The van der Waals surface area contributed by atoms with Gasteiger partial charge >= 0.3 is 0 Å². The van der Waals surface area contributed by atoms with Crippen molar-refractivity contribution >= 4 is 0 Å². The predicted octanol–water partition coefficient (Wildman–Crippen LogP) is 4.42. The van der Waals surface area contributed by atoms with Crippen LogP contribution in [0.3, 0.4) is 0 Å². The second-order valence-corrected chi connectivity index (χ2v) is 10.4. The molecule has 2 aromatic rings. The van der Waals surface area contributed by atoms with E-state index >= 15 is 0 Å². The van der Waals surface area contributed by atoms with Gasteiger partial charge in [-0.15, -0.1) is 0 Å². The fourth-order valence-corrected chi connectivity index (χ4v) is 5.91. The lowest BCUT2D eigenvalue weighted by Gasteiger charge is -2.52. The van der Waals surface area contributed by atoms with Crippen LogP contribution in [0.2, 0.25) is 0 Å². The summed E-state index contributed by atoms with van der Waals surface area (Å²) in [7, 11) is 9.72. The average Bonchev–Trinajstić information content (AvgIpc) is 2.93. The van der Waals surface area contributed by atoms with Crippen LogP contribution in [-0.4, -0.2) is 71.7 Å². The molecule has 3 atom stereocenters. The number of hydrogen-bond donors (Lipinski definition) is 2. The third kappa shape index (κ3) is 6.19. The highest BCUT2D eigenvalue weighted by atomic mass is 16.5. The second-order valence-electron chi connectivity index (χ2n) is 10.4. The van der Waals surface area contributed by atoms with E-state index in [9.17, 15) is 10.2 Å². The smallest absolute Gasteiger partial charge is 0.126 e. The Labute approximate surface area is 238 Å². The Kier molecular flexibility index (Phi) is 11.5. The summed E-state index contributed by atoms with van der Waals surface area (Å²) < 4.78 is 33.2. The molecule has 2 aromatic carbocycles. The molecule has 0 aliphatic heterocycles. The molecule has 0 radical (unpaired) electrons. The van der Waals surface area contributed by atoms with Crippen LogP contribution >= 0.6 is 0 Å². The molecule has 2 N–H and O–H groups in total. The van der Waals surface area contributed by atoms with E-state index in [0.717, 1.165) is 22.3 Å². The van der Waals surface area contributed by atoms with Gasteiger partial charge < -0.3 is 38.6 Å². The molecule has 0 heterocycles. The Balaban J connectivity index is 2.48. The number of phenolic OH excluding ortho intramolecular Hbond substituents is 1. The normalized spacial score (nSPS) is 20.4. The van der Waals surface area contributed by atoms with Crippen molar-refractivity contribution in [2.24, 2.45) is 5.92 Å². The van der Waals surface area contributed by atoms with E-state index in [1.165, 1.54) is 0 Å². The lowest BCUT2D eigenvalue weighted by Crippen LogP contribution is -2.59. The molecule has 3 unspecified atom stereocenters. The van der Waals surface area contributed by atoms with Gasteiger partial charge in [0.2, 0.25) is 0 Å². The summed E-state index contributed by atoms with van der Waals surface area (Å²) in [5.41, 5.74) is 2.87. The summed E-state index contributed by atoms with van der Waals surface area (Å²) >= 11 is 0. The Morgan fingerprint density at radius 2 is 1.20 bits per heavy atom. The van der Waals surface area contributed by atoms with Crippen molar-refractivity contribution in [3.8, 4) is 5.75 Å². The van der Waals surface area contributed by atoms with Crippen molar-refractivity contribution < 1.29 is 38.6 Å². The number of rotatable bonds is 15. The molecule has 0 amide bonds. The van der Waals surface area contributed by atoms with Gasteiger partial charge in [-0.3, -0.25) is 0 Å². The van der Waals surface area contributed by atoms with Gasteiger partial charge in [0.15, 0.2) is 0 Å². The fourth-order valence-electron chi connectivity index (χ4n) is 5.91. The van der Waals surface area contributed by atoms with E-state index in [4.69, 9.17) is 28.4 Å². The van der Waals surface area contributed by atoms with E-state index in [-0.39, 0.29) is 32.2 Å². The van der Waals surface area contributed by atoms with Gasteiger partial charge in [0.05, 0.1) is 45.1 Å². The second kappa shape index (κ2) is 14.4. The van der Waals surface area contributed by atoms with Crippen LogP contribution in [0.25, 0.3) is 0 Å². The lowest BCUT2D eigenvalue weighted by atomic mass is 9.55. The van der Waals surface area contributed by atoms with Gasteiger partial charge in [0, 0.05) is 59.7 Å². The van der Waals surface area contributed by atoms with Gasteiger partial charge in [-0.05, 0) is 46.9 Å². The maximum atomic E-state index is 13.2. The van der Waals surface area contributed by atoms with Crippen molar-refractivity contribution in [2.45, 2.75) is 44.4 Å². The van der Waals surface area contributed by atoms with Gasteiger partial charge in [-0.25, -0.2) is 0 Å². The summed E-state index contributed by atoms with van der Waals surface area (Å²) in [4.78, 5) is 0. The van der Waals surface area contributed by atoms with Gasteiger partial charge in [-0.1, -0.05) is 36.4 Å². The van der Waals surface area contributed by atoms with E-state index in [1.807, 2.05) is 43.4 Å². The Hall–Kier alpha value is -2.56. The zero-order valence-electron chi connectivity index (χ0n) is 24.8. The summed E-state index contributed by atoms with van der Waals surface area (Å²) in [6.45, 7) is 3.67. The first-order chi connectivity index (χ1) is 19.2. The molecule has 0 aromatic heterocycles. The van der Waals surface area contributed by atoms with E-state index in [0.29, 0.717) is 29.9 Å². The maximum Gasteiger partial charge on any atom is 0.126 e. The maximum absolute atomic E-state index is 13.2. The molecule has 8 heteroatoms. The highest BCUT2D eigenvalue weighted by molar-refractivity contribution is 5.56. The average molecular weight is 557 g/mol. The summed E-state index contributed by atoms with van der Waals surface area (Å²) in [5.74, 6) is -0.306. The van der Waals surface area contributed by atoms with E-state index in [1.54, 1.807) is 42.7 Å². The molecule has 1 aliphatic carbocycles. The van der Waals surface area contributed by atoms with Crippen LogP contribution in [-0.2, 0) is 60.3 Å². The molecule has 40 heavy (non-hydrogen) atoms. The molecule has 8 nitrogen and oxygen atoms in total. The number of methoxy groups -OCH3 is 6. The minimum absolute atomic E-state index is 0.111. The topological polar surface area (TPSA) is 95.8 Å². The lowest BCUT2D eigenvalue weighted by molar-refractivity contribution is -0.0518. The molecular weight excluding hydrogens is 512 g/mol. The molecular formula is C32H44O8. The minimum Gasteiger partial charge on any atom is -0.507 e. The molecule has 3 rings (SSSR count). The zero-order valence-corrected chi connectivity index (χ0v) is 24.8. The van der Waals surface area contributed by atoms with Crippen LogP contribution in [0.4, 0.5) is 0 Å². The molecule has 1 aliphatic rings. The van der Waals surface area contributed by atoms with Crippen molar-refractivity contribution in [2.75, 3.05) is 55.9 Å². The molecule has 0 fully saturated rings. The summed E-state index contributed by atoms with van der Waals surface area (Å²) in [6.07, 6.45) is 5.83. The SMILES string of the molecule is COCC1=CC=CC(COC)C1(O)C(C)(c1cc(COC)cc(COC)c1)c1cc(COC)c(O)c(COC)c1. The molecule has 220 valence electrons. The quantitative estimate of drug-likeness (QED) is 0.333. The number of phenols is 1. The van der Waals surface area contributed by atoms with Crippen molar-refractivity contribution in [1.82, 2.24) is 0 Å². The van der Waals surface area contributed by atoms with Gasteiger partial charge in [0.25, 0.3) is 0 Å².